The molecule has 9 nitrogen and oxygen atoms in total. The molecule has 0 saturated carbocycles. The standard InChI is InChI=1S/C33H57N3O6S/c1-2-3-4-5-6-7-8-9-10-11-12-13-14-15-16-22-29(37)34-24-19-20-25-42-33(41)36-27-26-43-28(31(27)35-32(36)40)21-17-18-23-30(38)39/h9-10,27-28,31H,2-8,11-26H2,1H3,(H,34,37)(H,35,40)(H,38,39)/b10-9-. The molecule has 0 radical (unpaired) electrons. The molecule has 2 aliphatic rings. The van der Waals surface area contributed by atoms with E-state index in [4.69, 9.17) is 9.84 Å². The van der Waals surface area contributed by atoms with Crippen molar-refractivity contribution < 1.29 is 29.0 Å². The predicted octanol–water partition coefficient (Wildman–Crippen LogP) is 7.58. The average molecular weight is 624 g/mol. The van der Waals surface area contributed by atoms with Crippen LogP contribution in [0.15, 0.2) is 12.2 Å². The second-order valence-corrected chi connectivity index (χ2v) is 13.2. The van der Waals surface area contributed by atoms with Crippen LogP contribution in [0.5, 0.6) is 0 Å². The Labute approximate surface area is 263 Å². The molecule has 3 atom stereocenters. The Bertz CT molecular complexity index is 854. The lowest BCUT2D eigenvalue weighted by molar-refractivity contribution is -0.137. The summed E-state index contributed by atoms with van der Waals surface area (Å²) in [5, 5.41) is 14.8. The summed E-state index contributed by atoms with van der Waals surface area (Å²) in [5.41, 5.74) is 0. The Hall–Kier alpha value is -2.23. The van der Waals surface area contributed by atoms with Crippen molar-refractivity contribution in [2.24, 2.45) is 0 Å². The smallest absolute Gasteiger partial charge is 0.418 e. The molecule has 2 rings (SSSR count). The van der Waals surface area contributed by atoms with Crippen LogP contribution < -0.4 is 10.6 Å². The van der Waals surface area contributed by atoms with Crippen molar-refractivity contribution in [1.82, 2.24) is 15.5 Å². The van der Waals surface area contributed by atoms with E-state index in [-0.39, 0.29) is 36.3 Å². The number of carboxylic acids is 1. The maximum absolute atomic E-state index is 12.6. The third-order valence-electron chi connectivity index (χ3n) is 8.25. The van der Waals surface area contributed by atoms with Gasteiger partial charge < -0.3 is 20.5 Å². The van der Waals surface area contributed by atoms with Crippen LogP contribution in [0.3, 0.4) is 0 Å². The van der Waals surface area contributed by atoms with E-state index in [0.29, 0.717) is 38.0 Å². The largest absolute Gasteiger partial charge is 0.481 e. The fraction of sp³-hybridized carbons (Fsp3) is 0.818. The molecule has 10 heteroatoms. The van der Waals surface area contributed by atoms with E-state index in [1.54, 1.807) is 11.8 Å². The van der Waals surface area contributed by atoms with E-state index in [0.717, 1.165) is 32.1 Å². The summed E-state index contributed by atoms with van der Waals surface area (Å²) >= 11 is 1.72. The summed E-state index contributed by atoms with van der Waals surface area (Å²) in [4.78, 5) is 49.0. The molecule has 2 saturated heterocycles. The summed E-state index contributed by atoms with van der Waals surface area (Å²) in [6, 6.07) is -0.768. The zero-order valence-electron chi connectivity index (χ0n) is 26.5. The summed E-state index contributed by atoms with van der Waals surface area (Å²) in [6.45, 7) is 3.01. The minimum atomic E-state index is -0.795. The SMILES string of the molecule is CCCCCCCC/C=C\CCCCCCCC(=O)NCCCCOC(=O)N1C(=O)NC2C(CCCCC(=O)O)SCC21. The van der Waals surface area contributed by atoms with E-state index >= 15 is 0 Å². The molecule has 0 aromatic carbocycles. The highest BCUT2D eigenvalue weighted by Crippen LogP contribution is 2.37. The summed E-state index contributed by atoms with van der Waals surface area (Å²) in [6.07, 6.45) is 24.4. The number of carbonyl (C=O) groups is 4. The number of carbonyl (C=O) groups excluding carboxylic acids is 3. The molecular weight excluding hydrogens is 566 g/mol. The number of allylic oxidation sites excluding steroid dienone is 2. The number of hydrogen-bond donors (Lipinski definition) is 3. The van der Waals surface area contributed by atoms with Gasteiger partial charge in [-0.05, 0) is 57.8 Å². The monoisotopic (exact) mass is 623 g/mol. The van der Waals surface area contributed by atoms with Gasteiger partial charge in [0.1, 0.15) is 0 Å². The topological polar surface area (TPSA) is 125 Å². The van der Waals surface area contributed by atoms with Crippen molar-refractivity contribution in [3.63, 3.8) is 0 Å². The number of thioether (sulfide) groups is 1. The molecule has 0 aromatic heterocycles. The Morgan fingerprint density at radius 1 is 0.907 bits per heavy atom. The van der Waals surface area contributed by atoms with Gasteiger partial charge in [0, 0.05) is 30.4 Å². The second-order valence-electron chi connectivity index (χ2n) is 11.9. The molecule has 0 bridgehead atoms. The molecule has 246 valence electrons. The van der Waals surface area contributed by atoms with Crippen molar-refractivity contribution in [1.29, 1.82) is 0 Å². The molecule has 2 aliphatic heterocycles. The van der Waals surface area contributed by atoms with Crippen molar-refractivity contribution in [2.45, 2.75) is 153 Å². The van der Waals surface area contributed by atoms with Gasteiger partial charge >= 0.3 is 18.1 Å². The Balaban J connectivity index is 1.41. The van der Waals surface area contributed by atoms with Crippen LogP contribution in [0.25, 0.3) is 0 Å². The van der Waals surface area contributed by atoms with Gasteiger partial charge in [-0.25, -0.2) is 14.5 Å². The first kappa shape index (κ1) is 37.0. The van der Waals surface area contributed by atoms with Gasteiger partial charge in [0.15, 0.2) is 0 Å². The maximum atomic E-state index is 12.6. The number of fused-ring (bicyclic) bond motifs is 1. The van der Waals surface area contributed by atoms with Crippen LogP contribution in [-0.4, -0.2) is 70.2 Å². The highest BCUT2D eigenvalue weighted by Gasteiger charge is 2.50. The molecule has 2 fully saturated rings. The van der Waals surface area contributed by atoms with Gasteiger partial charge in [0.05, 0.1) is 18.7 Å². The normalized spacial score (nSPS) is 19.5. The quantitative estimate of drug-likeness (QED) is 0.0544. The van der Waals surface area contributed by atoms with Crippen molar-refractivity contribution >= 4 is 35.8 Å². The van der Waals surface area contributed by atoms with Gasteiger partial charge in [-0.3, -0.25) is 9.59 Å². The van der Waals surface area contributed by atoms with Crippen LogP contribution in [-0.2, 0) is 14.3 Å². The number of unbranched alkanes of at least 4 members (excludes halogenated alkanes) is 13. The van der Waals surface area contributed by atoms with E-state index in [1.807, 2.05) is 0 Å². The number of imide groups is 1. The van der Waals surface area contributed by atoms with Crippen LogP contribution in [0.4, 0.5) is 9.59 Å². The maximum Gasteiger partial charge on any atom is 0.418 e. The van der Waals surface area contributed by atoms with Crippen LogP contribution in [0.2, 0.25) is 0 Å². The minimum Gasteiger partial charge on any atom is -0.481 e. The number of amides is 4. The number of aliphatic carboxylic acids is 1. The lowest BCUT2D eigenvalue weighted by Crippen LogP contribution is -2.42. The molecule has 43 heavy (non-hydrogen) atoms. The number of ether oxygens (including phenoxy) is 1. The number of carboxylic acid groups (broad SMARTS) is 1. The fourth-order valence-corrected chi connectivity index (χ4v) is 7.29. The van der Waals surface area contributed by atoms with Gasteiger partial charge in [-0.1, -0.05) is 76.9 Å². The molecular formula is C33H57N3O6S. The first-order valence-electron chi connectivity index (χ1n) is 17.0. The van der Waals surface area contributed by atoms with Gasteiger partial charge in [0.25, 0.3) is 0 Å². The highest BCUT2D eigenvalue weighted by atomic mass is 32.2. The Morgan fingerprint density at radius 3 is 2.26 bits per heavy atom. The minimum absolute atomic E-state index is 0.0747. The molecule has 0 aromatic rings. The fourth-order valence-electron chi connectivity index (χ4n) is 5.70. The third kappa shape index (κ3) is 15.9. The van der Waals surface area contributed by atoms with Crippen molar-refractivity contribution in [3.05, 3.63) is 12.2 Å². The van der Waals surface area contributed by atoms with Crippen LogP contribution >= 0.6 is 11.8 Å². The first-order valence-corrected chi connectivity index (χ1v) is 18.0. The van der Waals surface area contributed by atoms with E-state index < -0.39 is 18.1 Å². The average Bonchev–Trinajstić information content (AvgIpc) is 3.52. The molecule has 0 aliphatic carbocycles. The first-order chi connectivity index (χ1) is 20.9. The summed E-state index contributed by atoms with van der Waals surface area (Å²) < 4.78 is 5.37. The Kier molecular flexibility index (Phi) is 19.9. The van der Waals surface area contributed by atoms with Crippen LogP contribution in [0.1, 0.15) is 135 Å². The Morgan fingerprint density at radius 2 is 1.56 bits per heavy atom. The number of nitrogens with zero attached hydrogens (tertiary/aromatic N) is 1. The van der Waals surface area contributed by atoms with E-state index in [2.05, 4.69) is 29.7 Å². The van der Waals surface area contributed by atoms with Crippen molar-refractivity contribution in [2.75, 3.05) is 18.9 Å². The lowest BCUT2D eigenvalue weighted by atomic mass is 10.0. The van der Waals surface area contributed by atoms with Gasteiger partial charge in [-0.15, -0.1) is 0 Å². The van der Waals surface area contributed by atoms with Crippen molar-refractivity contribution in [3.8, 4) is 0 Å². The van der Waals surface area contributed by atoms with Gasteiger partial charge in [-0.2, -0.15) is 11.8 Å². The molecule has 3 N–H and O–H groups in total. The van der Waals surface area contributed by atoms with E-state index in [9.17, 15) is 19.2 Å². The predicted molar refractivity (Wildman–Crippen MR) is 173 cm³/mol. The third-order valence-corrected chi connectivity index (χ3v) is 9.74. The number of nitrogens with one attached hydrogen (secondary N) is 2. The summed E-state index contributed by atoms with van der Waals surface area (Å²) in [5.74, 6) is -0.0630. The van der Waals surface area contributed by atoms with E-state index in [1.165, 1.54) is 69.1 Å². The molecule has 0 spiro atoms. The lowest BCUT2D eigenvalue weighted by Gasteiger charge is -2.19. The molecule has 2 heterocycles. The van der Waals surface area contributed by atoms with Crippen LogP contribution in [0, 0.1) is 0 Å². The zero-order valence-corrected chi connectivity index (χ0v) is 27.3. The number of rotatable bonds is 25. The number of hydrogen-bond acceptors (Lipinski definition) is 6. The molecule has 4 amide bonds. The molecule has 3 unspecified atom stereocenters. The number of urea groups is 1. The zero-order chi connectivity index (χ0) is 31.1. The highest BCUT2D eigenvalue weighted by molar-refractivity contribution is 8.00. The summed E-state index contributed by atoms with van der Waals surface area (Å²) in [7, 11) is 0. The second kappa shape index (κ2) is 23.2. The van der Waals surface area contributed by atoms with Gasteiger partial charge in [0.2, 0.25) is 5.91 Å².